The maximum Gasteiger partial charge on any atom is 0.330 e. The average Bonchev–Trinajstić information content (AvgIpc) is 2.28. The van der Waals surface area contributed by atoms with Crippen LogP contribution in [0.2, 0.25) is 0 Å². The van der Waals surface area contributed by atoms with Crippen molar-refractivity contribution in [1.82, 2.24) is 0 Å². The molecule has 0 spiro atoms. The number of benzene rings is 1. The highest BCUT2D eigenvalue weighted by Crippen LogP contribution is 2.25. The van der Waals surface area contributed by atoms with Crippen LogP contribution in [0.3, 0.4) is 0 Å². The molecule has 0 fully saturated rings. The third kappa shape index (κ3) is 5.38. The highest BCUT2D eigenvalue weighted by Gasteiger charge is 2.22. The lowest BCUT2D eigenvalue weighted by atomic mass is 9.87. The average molecular weight is 262 g/mol. The summed E-state index contributed by atoms with van der Waals surface area (Å²) in [6, 6.07) is 8.79. The summed E-state index contributed by atoms with van der Waals surface area (Å²) in [6.45, 7) is 5.10. The molecular formula is C15H18O4. The molecule has 0 aromatic heterocycles. The Morgan fingerprint density at radius 3 is 2.37 bits per heavy atom. The number of carboxylic acid groups (broad SMARTS) is 1. The van der Waals surface area contributed by atoms with Crippen LogP contribution >= 0.6 is 0 Å². The summed E-state index contributed by atoms with van der Waals surface area (Å²) in [7, 11) is 0. The van der Waals surface area contributed by atoms with Crippen molar-refractivity contribution in [3.8, 4) is 5.75 Å². The number of hydrogen-bond acceptors (Lipinski definition) is 3. The zero-order valence-corrected chi connectivity index (χ0v) is 11.3. The van der Waals surface area contributed by atoms with Gasteiger partial charge in [0, 0.05) is 5.57 Å². The van der Waals surface area contributed by atoms with Crippen LogP contribution in [0.5, 0.6) is 5.75 Å². The van der Waals surface area contributed by atoms with Crippen LogP contribution in [0, 0.1) is 5.41 Å². The molecule has 4 nitrogen and oxygen atoms in total. The van der Waals surface area contributed by atoms with E-state index in [0.29, 0.717) is 5.75 Å². The summed E-state index contributed by atoms with van der Waals surface area (Å²) in [5.41, 5.74) is -0.341. The summed E-state index contributed by atoms with van der Waals surface area (Å²) in [5.74, 6) is -0.877. The Hall–Kier alpha value is -2.10. The SMILES string of the molecule is C/C(=C/C(C)(C)CC(=O)Oc1ccccc1)C(=O)O. The molecule has 0 saturated carbocycles. The van der Waals surface area contributed by atoms with Crippen LogP contribution in [0.4, 0.5) is 0 Å². The number of para-hydroxylation sites is 1. The van der Waals surface area contributed by atoms with Crippen LogP contribution < -0.4 is 4.74 Å². The number of hydrogen-bond donors (Lipinski definition) is 1. The van der Waals surface area contributed by atoms with Crippen molar-refractivity contribution in [3.63, 3.8) is 0 Å². The zero-order valence-electron chi connectivity index (χ0n) is 11.3. The van der Waals surface area contributed by atoms with Gasteiger partial charge in [0.2, 0.25) is 0 Å². The van der Waals surface area contributed by atoms with Gasteiger partial charge >= 0.3 is 11.9 Å². The summed E-state index contributed by atoms with van der Waals surface area (Å²) in [4.78, 5) is 22.5. The molecule has 0 aliphatic heterocycles. The van der Waals surface area contributed by atoms with E-state index >= 15 is 0 Å². The number of carbonyl (C=O) groups is 2. The number of ether oxygens (including phenoxy) is 1. The largest absolute Gasteiger partial charge is 0.478 e. The van der Waals surface area contributed by atoms with Crippen LogP contribution in [-0.4, -0.2) is 17.0 Å². The molecule has 1 aromatic carbocycles. The highest BCUT2D eigenvalue weighted by atomic mass is 16.5. The molecule has 0 atom stereocenters. The van der Waals surface area contributed by atoms with E-state index < -0.39 is 11.4 Å². The van der Waals surface area contributed by atoms with Crippen LogP contribution in [0.25, 0.3) is 0 Å². The summed E-state index contributed by atoms with van der Waals surface area (Å²) < 4.78 is 5.18. The van der Waals surface area contributed by atoms with E-state index in [-0.39, 0.29) is 18.0 Å². The van der Waals surface area contributed by atoms with Crippen molar-refractivity contribution >= 4 is 11.9 Å². The summed E-state index contributed by atoms with van der Waals surface area (Å²) >= 11 is 0. The first-order valence-corrected chi connectivity index (χ1v) is 5.99. The van der Waals surface area contributed by atoms with E-state index in [4.69, 9.17) is 9.84 Å². The van der Waals surface area contributed by atoms with Crippen molar-refractivity contribution in [1.29, 1.82) is 0 Å². The molecule has 1 rings (SSSR count). The van der Waals surface area contributed by atoms with Crippen molar-refractivity contribution in [2.24, 2.45) is 5.41 Å². The van der Waals surface area contributed by atoms with Crippen LogP contribution in [0.1, 0.15) is 27.2 Å². The van der Waals surface area contributed by atoms with E-state index in [1.165, 1.54) is 6.92 Å². The molecule has 0 heterocycles. The van der Waals surface area contributed by atoms with Crippen molar-refractivity contribution in [2.75, 3.05) is 0 Å². The second kappa shape index (κ2) is 6.18. The van der Waals surface area contributed by atoms with Crippen LogP contribution in [-0.2, 0) is 9.59 Å². The van der Waals surface area contributed by atoms with Crippen molar-refractivity contribution in [3.05, 3.63) is 42.0 Å². The van der Waals surface area contributed by atoms with E-state index in [0.717, 1.165) is 0 Å². The topological polar surface area (TPSA) is 63.6 Å². The van der Waals surface area contributed by atoms with Gasteiger partial charge in [-0.3, -0.25) is 4.79 Å². The molecule has 0 unspecified atom stereocenters. The molecule has 102 valence electrons. The summed E-state index contributed by atoms with van der Waals surface area (Å²) in [6.07, 6.45) is 1.69. The number of rotatable bonds is 5. The number of esters is 1. The number of carboxylic acids is 1. The Labute approximate surface area is 112 Å². The van der Waals surface area contributed by atoms with Gasteiger partial charge in [-0.1, -0.05) is 38.1 Å². The predicted molar refractivity (Wildman–Crippen MR) is 71.9 cm³/mol. The third-order valence-electron chi connectivity index (χ3n) is 2.52. The fourth-order valence-corrected chi connectivity index (χ4v) is 1.73. The van der Waals surface area contributed by atoms with E-state index in [1.807, 2.05) is 6.07 Å². The lowest BCUT2D eigenvalue weighted by Gasteiger charge is -2.19. The molecule has 19 heavy (non-hydrogen) atoms. The maximum atomic E-state index is 11.8. The maximum absolute atomic E-state index is 11.8. The van der Waals surface area contributed by atoms with Gasteiger partial charge in [0.05, 0.1) is 6.42 Å². The van der Waals surface area contributed by atoms with Gasteiger partial charge in [-0.05, 0) is 24.5 Å². The zero-order chi connectivity index (χ0) is 14.5. The van der Waals surface area contributed by atoms with Gasteiger partial charge in [0.15, 0.2) is 0 Å². The second-order valence-electron chi connectivity index (χ2n) is 5.08. The van der Waals surface area contributed by atoms with Crippen LogP contribution in [0.15, 0.2) is 42.0 Å². The van der Waals surface area contributed by atoms with Gasteiger partial charge in [0.25, 0.3) is 0 Å². The lowest BCUT2D eigenvalue weighted by molar-refractivity contribution is -0.136. The Morgan fingerprint density at radius 1 is 1.26 bits per heavy atom. The van der Waals surface area contributed by atoms with E-state index in [1.54, 1.807) is 44.2 Å². The monoisotopic (exact) mass is 262 g/mol. The van der Waals surface area contributed by atoms with Gasteiger partial charge < -0.3 is 9.84 Å². The first kappa shape index (κ1) is 15.0. The smallest absolute Gasteiger partial charge is 0.330 e. The molecule has 0 amide bonds. The molecule has 0 bridgehead atoms. The van der Waals surface area contributed by atoms with Crippen molar-refractivity contribution < 1.29 is 19.4 Å². The minimum absolute atomic E-state index is 0.118. The molecule has 0 saturated heterocycles. The van der Waals surface area contributed by atoms with Gasteiger partial charge in [-0.25, -0.2) is 4.79 Å². The Kier molecular flexibility index (Phi) is 4.87. The summed E-state index contributed by atoms with van der Waals surface area (Å²) in [5, 5.41) is 8.83. The first-order valence-electron chi connectivity index (χ1n) is 5.99. The van der Waals surface area contributed by atoms with E-state index in [9.17, 15) is 9.59 Å². The molecule has 0 aliphatic rings. The number of allylic oxidation sites excluding steroid dienone is 1. The number of carbonyl (C=O) groups excluding carboxylic acids is 1. The van der Waals surface area contributed by atoms with E-state index in [2.05, 4.69) is 0 Å². The molecule has 0 aliphatic carbocycles. The fraction of sp³-hybridized carbons (Fsp3) is 0.333. The van der Waals surface area contributed by atoms with Crippen molar-refractivity contribution in [2.45, 2.75) is 27.2 Å². The Morgan fingerprint density at radius 2 is 1.84 bits per heavy atom. The fourth-order valence-electron chi connectivity index (χ4n) is 1.73. The molecule has 1 aromatic rings. The normalized spacial score (nSPS) is 12.1. The third-order valence-corrected chi connectivity index (χ3v) is 2.52. The van der Waals surface area contributed by atoms with Gasteiger partial charge in [0.1, 0.15) is 5.75 Å². The minimum atomic E-state index is -0.982. The first-order chi connectivity index (χ1) is 8.80. The lowest BCUT2D eigenvalue weighted by Crippen LogP contribution is -2.20. The predicted octanol–water partition coefficient (Wildman–Crippen LogP) is 3.04. The molecule has 4 heteroatoms. The molecular weight excluding hydrogens is 244 g/mol. The Balaban J connectivity index is 2.66. The standard InChI is InChI=1S/C15H18O4/c1-11(14(17)18)9-15(2,3)10-13(16)19-12-7-5-4-6-8-12/h4-9H,10H2,1-3H3,(H,17,18)/b11-9-. The van der Waals surface area contributed by atoms with Gasteiger partial charge in [-0.2, -0.15) is 0 Å². The minimum Gasteiger partial charge on any atom is -0.478 e. The molecule has 1 N–H and O–H groups in total. The van der Waals surface area contributed by atoms with Gasteiger partial charge in [-0.15, -0.1) is 0 Å². The molecule has 0 radical (unpaired) electrons. The highest BCUT2D eigenvalue weighted by molar-refractivity contribution is 5.86. The number of aliphatic carboxylic acids is 1. The quantitative estimate of drug-likeness (QED) is 0.503. The Bertz CT molecular complexity index is 486. The second-order valence-corrected chi connectivity index (χ2v) is 5.08.